The monoisotopic (exact) mass is 285 g/mol. The van der Waals surface area contributed by atoms with Gasteiger partial charge in [0.25, 0.3) is 0 Å². The lowest BCUT2D eigenvalue weighted by molar-refractivity contribution is 0.0899. The Kier molecular flexibility index (Phi) is 5.07. The van der Waals surface area contributed by atoms with Crippen LogP contribution < -0.4 is 0 Å². The minimum Gasteiger partial charge on any atom is -0.388 e. The van der Waals surface area contributed by atoms with E-state index in [0.717, 1.165) is 10.9 Å². The van der Waals surface area contributed by atoms with Crippen molar-refractivity contribution in [2.24, 2.45) is 0 Å². The summed E-state index contributed by atoms with van der Waals surface area (Å²) in [6, 6.07) is 11.0. The van der Waals surface area contributed by atoms with Crippen molar-refractivity contribution in [3.05, 3.63) is 42.1 Å². The Morgan fingerprint density at radius 1 is 1.11 bits per heavy atom. The van der Waals surface area contributed by atoms with Gasteiger partial charge in [0.1, 0.15) is 12.3 Å². The summed E-state index contributed by atoms with van der Waals surface area (Å²) in [5.41, 5.74) is 1.08. The summed E-state index contributed by atoms with van der Waals surface area (Å²) in [6.45, 7) is -0.495. The zero-order valence-electron chi connectivity index (χ0n) is 9.59. The van der Waals surface area contributed by atoms with E-state index in [0.29, 0.717) is 5.69 Å². The van der Waals surface area contributed by atoms with Crippen LogP contribution in [-0.2, 0) is 10.4 Å². The van der Waals surface area contributed by atoms with Crippen LogP contribution in [0.2, 0.25) is 0 Å². The number of para-hydroxylation sites is 1. The molecule has 0 saturated carbocycles. The molecule has 2 aromatic rings. The molecule has 2 rings (SSSR count). The third-order valence-corrected chi connectivity index (χ3v) is 2.03. The van der Waals surface area contributed by atoms with E-state index in [1.165, 1.54) is 0 Å². The van der Waals surface area contributed by atoms with E-state index in [1.54, 1.807) is 6.07 Å². The number of carbonyl (C=O) groups excluding carboxylic acids is 1. The number of aromatic nitrogens is 1. The Labute approximate surface area is 109 Å². The summed E-state index contributed by atoms with van der Waals surface area (Å²) in [6.07, 6.45) is 0. The number of aliphatic hydroxyl groups is 1. The Morgan fingerprint density at radius 3 is 2.26 bits per heavy atom. The molecule has 0 atom stereocenters. The Balaban J connectivity index is 0.000000312. The molecular weight excluding hydrogens is 274 g/mol. The highest BCUT2D eigenvalue weighted by Gasteiger charge is 2.05. The van der Waals surface area contributed by atoms with Crippen LogP contribution >= 0.6 is 0 Å². The molecule has 0 amide bonds. The summed E-state index contributed by atoms with van der Waals surface area (Å²) in [4.78, 5) is 15.3. The first-order chi connectivity index (χ1) is 8.81. The van der Waals surface area contributed by atoms with Crippen molar-refractivity contribution >= 4 is 27.1 Å². The Morgan fingerprint density at radius 2 is 1.68 bits per heavy atom. The predicted molar refractivity (Wildman–Crippen MR) is 67.3 cm³/mol. The number of ketones is 1. The molecule has 0 aliphatic carbocycles. The molecule has 0 unspecified atom stereocenters. The molecule has 0 radical (unpaired) electrons. The van der Waals surface area contributed by atoms with E-state index in [9.17, 15) is 4.79 Å². The fraction of sp³-hybridized carbons (Fsp3) is 0.0909. The molecule has 1 heterocycles. The highest BCUT2D eigenvalue weighted by molar-refractivity contribution is 7.79. The fourth-order valence-corrected chi connectivity index (χ4v) is 1.30. The number of hydrogen-bond donors (Lipinski definition) is 3. The SMILES string of the molecule is O=C(CO)c1ccc2ccccc2n1.O=S(=O)(O)O. The molecule has 1 aromatic heterocycles. The van der Waals surface area contributed by atoms with Gasteiger partial charge in [0, 0.05) is 5.39 Å². The summed E-state index contributed by atoms with van der Waals surface area (Å²) < 4.78 is 31.6. The van der Waals surface area contributed by atoms with Crippen molar-refractivity contribution in [2.45, 2.75) is 0 Å². The number of hydrogen-bond acceptors (Lipinski definition) is 5. The first-order valence-electron chi connectivity index (χ1n) is 5.01. The molecule has 0 fully saturated rings. The molecule has 0 aliphatic heterocycles. The van der Waals surface area contributed by atoms with Crippen molar-refractivity contribution in [1.82, 2.24) is 4.98 Å². The Bertz CT molecular complexity index is 674. The highest BCUT2D eigenvalue weighted by Crippen LogP contribution is 2.11. The summed E-state index contributed by atoms with van der Waals surface area (Å²) in [5, 5.41) is 9.66. The number of benzene rings is 1. The second-order valence-corrected chi connectivity index (χ2v) is 4.31. The third kappa shape index (κ3) is 5.53. The second kappa shape index (κ2) is 6.34. The van der Waals surface area contributed by atoms with Gasteiger partial charge >= 0.3 is 10.4 Å². The van der Waals surface area contributed by atoms with E-state index in [4.69, 9.17) is 22.6 Å². The predicted octanol–water partition coefficient (Wildman–Crippen LogP) is 0.757. The van der Waals surface area contributed by atoms with Gasteiger partial charge in [0.05, 0.1) is 5.52 Å². The van der Waals surface area contributed by atoms with Crippen LogP contribution in [0.5, 0.6) is 0 Å². The van der Waals surface area contributed by atoms with Gasteiger partial charge in [0.2, 0.25) is 5.78 Å². The van der Waals surface area contributed by atoms with Gasteiger partial charge < -0.3 is 5.11 Å². The number of rotatable bonds is 2. The van der Waals surface area contributed by atoms with Crippen LogP contribution in [0.1, 0.15) is 10.5 Å². The second-order valence-electron chi connectivity index (χ2n) is 3.42. The molecule has 3 N–H and O–H groups in total. The van der Waals surface area contributed by atoms with E-state index < -0.39 is 17.0 Å². The minimum atomic E-state index is -4.67. The molecule has 7 nitrogen and oxygen atoms in total. The van der Waals surface area contributed by atoms with Crippen molar-refractivity contribution < 1.29 is 27.4 Å². The van der Waals surface area contributed by atoms with Crippen LogP contribution in [0.15, 0.2) is 36.4 Å². The van der Waals surface area contributed by atoms with Gasteiger partial charge in [-0.2, -0.15) is 8.42 Å². The molecule has 0 aliphatic rings. The van der Waals surface area contributed by atoms with Crippen LogP contribution in [0, 0.1) is 0 Å². The molecule has 19 heavy (non-hydrogen) atoms. The molecule has 0 bridgehead atoms. The average molecular weight is 285 g/mol. The topological polar surface area (TPSA) is 125 Å². The zero-order valence-corrected chi connectivity index (χ0v) is 10.4. The lowest BCUT2D eigenvalue weighted by Gasteiger charge is -1.99. The molecule has 0 spiro atoms. The van der Waals surface area contributed by atoms with Gasteiger partial charge in [-0.1, -0.05) is 24.3 Å². The van der Waals surface area contributed by atoms with Crippen molar-refractivity contribution in [3.63, 3.8) is 0 Å². The van der Waals surface area contributed by atoms with Gasteiger partial charge in [-0.25, -0.2) is 4.98 Å². The number of nitrogens with zero attached hydrogens (tertiary/aromatic N) is 1. The molecular formula is C11H11NO6S. The molecule has 8 heteroatoms. The number of aliphatic hydroxyl groups excluding tert-OH is 1. The fourth-order valence-electron chi connectivity index (χ4n) is 1.30. The van der Waals surface area contributed by atoms with Crippen molar-refractivity contribution in [3.8, 4) is 0 Å². The first kappa shape index (κ1) is 15.2. The van der Waals surface area contributed by atoms with E-state index in [2.05, 4.69) is 4.98 Å². The maximum atomic E-state index is 11.1. The minimum absolute atomic E-state index is 0.311. The summed E-state index contributed by atoms with van der Waals surface area (Å²) >= 11 is 0. The highest BCUT2D eigenvalue weighted by atomic mass is 32.3. The van der Waals surface area contributed by atoms with Gasteiger partial charge in [0.15, 0.2) is 0 Å². The maximum absolute atomic E-state index is 11.1. The van der Waals surface area contributed by atoms with Crippen molar-refractivity contribution in [2.75, 3.05) is 6.61 Å². The van der Waals surface area contributed by atoms with Gasteiger partial charge in [-0.15, -0.1) is 0 Å². The first-order valence-corrected chi connectivity index (χ1v) is 6.40. The Hall–Kier alpha value is -1.87. The zero-order chi connectivity index (χ0) is 14.5. The maximum Gasteiger partial charge on any atom is 0.394 e. The smallest absolute Gasteiger partial charge is 0.388 e. The standard InChI is InChI=1S/C11H9NO2.H2O4S/c13-7-11(14)10-6-5-8-3-1-2-4-9(8)12-10;1-5(2,3)4/h1-6,13H,7H2;(H2,1,2,3,4). The van der Waals surface area contributed by atoms with Crippen LogP contribution in [0.4, 0.5) is 0 Å². The molecule has 0 saturated heterocycles. The van der Waals surface area contributed by atoms with E-state index in [1.807, 2.05) is 30.3 Å². The van der Waals surface area contributed by atoms with Crippen molar-refractivity contribution in [1.29, 1.82) is 0 Å². The number of pyridine rings is 1. The van der Waals surface area contributed by atoms with Crippen LogP contribution in [-0.4, -0.2) is 40.0 Å². The average Bonchev–Trinajstić information content (AvgIpc) is 2.35. The largest absolute Gasteiger partial charge is 0.394 e. The van der Waals surface area contributed by atoms with Crippen LogP contribution in [0.3, 0.4) is 0 Å². The summed E-state index contributed by atoms with van der Waals surface area (Å²) in [5.74, 6) is -0.351. The lowest BCUT2D eigenvalue weighted by atomic mass is 10.2. The number of fused-ring (bicyclic) bond motifs is 1. The lowest BCUT2D eigenvalue weighted by Crippen LogP contribution is -2.06. The quantitative estimate of drug-likeness (QED) is 0.549. The van der Waals surface area contributed by atoms with Crippen LogP contribution in [0.25, 0.3) is 10.9 Å². The summed E-state index contributed by atoms with van der Waals surface area (Å²) in [7, 11) is -4.67. The van der Waals surface area contributed by atoms with E-state index in [-0.39, 0.29) is 5.78 Å². The third-order valence-electron chi connectivity index (χ3n) is 2.03. The number of Topliss-reactive ketones (excluding diaryl/α,β-unsaturated/α-hetero) is 1. The normalized spacial score (nSPS) is 10.7. The molecule has 1 aromatic carbocycles. The van der Waals surface area contributed by atoms with E-state index >= 15 is 0 Å². The van der Waals surface area contributed by atoms with Gasteiger partial charge in [-0.05, 0) is 12.1 Å². The molecule has 102 valence electrons. The van der Waals surface area contributed by atoms with Gasteiger partial charge in [-0.3, -0.25) is 13.9 Å². The number of carbonyl (C=O) groups is 1.